The second kappa shape index (κ2) is 21.4. The molecule has 10 nitrogen and oxygen atoms in total. The molecule has 0 bridgehead atoms. The van der Waals surface area contributed by atoms with Crippen molar-refractivity contribution in [2.75, 3.05) is 66.1 Å². The number of hydrogen-bond donors (Lipinski definition) is 0. The van der Waals surface area contributed by atoms with Gasteiger partial charge in [-0.25, -0.2) is 4.79 Å². The van der Waals surface area contributed by atoms with Crippen molar-refractivity contribution >= 4 is 5.97 Å². The van der Waals surface area contributed by atoms with Crippen LogP contribution in [0.4, 0.5) is 0 Å². The number of rotatable bonds is 26. The Balaban J connectivity index is 0.777. The zero-order valence-corrected chi connectivity index (χ0v) is 35.7. The van der Waals surface area contributed by atoms with E-state index in [1.54, 1.807) is 12.1 Å². The molecule has 0 N–H and O–H groups in total. The van der Waals surface area contributed by atoms with Gasteiger partial charge in [-0.15, -0.1) is 0 Å². The van der Waals surface area contributed by atoms with Gasteiger partial charge in [0.2, 0.25) is 0 Å². The molecule has 0 radical (unpaired) electrons. The quantitative estimate of drug-likeness (QED) is 0.0200. The molecule has 0 spiro atoms. The van der Waals surface area contributed by atoms with Crippen molar-refractivity contribution in [1.82, 2.24) is 0 Å². The highest BCUT2D eigenvalue weighted by atomic mass is 17.2. The number of benzene rings is 4. The third-order valence-corrected chi connectivity index (χ3v) is 12.2. The Morgan fingerprint density at radius 1 is 0.600 bits per heavy atom. The summed E-state index contributed by atoms with van der Waals surface area (Å²) in [6.07, 6.45) is 8.40. The number of esters is 1. The standard InChI is InChI=1S/C50H62O10/c1-4-49(33-54-34-49)31-52-24-8-6-7-9-26-56-40-16-12-38(13-17-40)30-58-60-43-21-23-45-44-22-20-42(28-46(44)37(3)47(45)29-43)59-48(51)39-14-18-41(19-15-39)57-27-11-10-25-53-32-50(5-2)35-55-36-50/h12-23,28-29,37H,4-11,24-27,30-36H2,1-3H3. The Hall–Kier alpha value is -4.45. The average Bonchev–Trinajstić information content (AvgIpc) is 3.52. The van der Waals surface area contributed by atoms with Crippen LogP contribution in [0.3, 0.4) is 0 Å². The largest absolute Gasteiger partial charge is 0.494 e. The van der Waals surface area contributed by atoms with Gasteiger partial charge in [0.05, 0.1) is 58.4 Å². The molecule has 1 aliphatic carbocycles. The lowest BCUT2D eigenvalue weighted by molar-refractivity contribution is -0.217. The minimum Gasteiger partial charge on any atom is -0.494 e. The summed E-state index contributed by atoms with van der Waals surface area (Å²) in [5.41, 5.74) is 6.40. The summed E-state index contributed by atoms with van der Waals surface area (Å²) in [4.78, 5) is 24.4. The lowest BCUT2D eigenvalue weighted by Gasteiger charge is -2.40. The Morgan fingerprint density at radius 3 is 1.63 bits per heavy atom. The Bertz CT molecular complexity index is 1940. The van der Waals surface area contributed by atoms with E-state index in [1.165, 1.54) is 0 Å². The molecule has 4 aromatic rings. The van der Waals surface area contributed by atoms with Crippen LogP contribution < -0.4 is 19.1 Å². The van der Waals surface area contributed by atoms with Crippen molar-refractivity contribution in [3.8, 4) is 34.1 Å². The molecule has 1 atom stereocenters. The highest BCUT2D eigenvalue weighted by Crippen LogP contribution is 2.47. The van der Waals surface area contributed by atoms with E-state index in [-0.39, 0.29) is 16.7 Å². The fourth-order valence-electron chi connectivity index (χ4n) is 7.76. The van der Waals surface area contributed by atoms with E-state index in [4.69, 9.17) is 42.9 Å². The third-order valence-electron chi connectivity index (χ3n) is 12.2. The maximum atomic E-state index is 13.1. The maximum absolute atomic E-state index is 13.1. The van der Waals surface area contributed by atoms with Gasteiger partial charge in [-0.1, -0.05) is 51.5 Å². The minimum absolute atomic E-state index is 0.0816. The highest BCUT2D eigenvalue weighted by Gasteiger charge is 2.37. The van der Waals surface area contributed by atoms with Crippen LogP contribution in [0.25, 0.3) is 11.1 Å². The van der Waals surface area contributed by atoms with Gasteiger partial charge >= 0.3 is 5.97 Å². The smallest absolute Gasteiger partial charge is 0.343 e. The van der Waals surface area contributed by atoms with Gasteiger partial charge in [-0.2, -0.15) is 4.89 Å². The molecule has 0 aromatic heterocycles. The van der Waals surface area contributed by atoms with Crippen LogP contribution in [-0.4, -0.2) is 72.0 Å². The number of hydrogen-bond acceptors (Lipinski definition) is 10. The number of ether oxygens (including phenoxy) is 7. The van der Waals surface area contributed by atoms with Crippen LogP contribution in [0.15, 0.2) is 84.9 Å². The van der Waals surface area contributed by atoms with Gasteiger partial charge in [0.1, 0.15) is 23.9 Å². The number of carbonyl (C=O) groups is 1. The molecule has 4 aromatic carbocycles. The van der Waals surface area contributed by atoms with Crippen molar-refractivity contribution < 1.29 is 47.7 Å². The molecule has 2 fully saturated rings. The van der Waals surface area contributed by atoms with E-state index in [2.05, 4.69) is 26.8 Å². The zero-order chi connectivity index (χ0) is 41.6. The van der Waals surface area contributed by atoms with E-state index in [9.17, 15) is 4.79 Å². The molecule has 10 heteroatoms. The molecule has 322 valence electrons. The number of fused-ring (bicyclic) bond motifs is 3. The summed E-state index contributed by atoms with van der Waals surface area (Å²) in [6, 6.07) is 26.8. The van der Waals surface area contributed by atoms with Gasteiger partial charge in [-0.3, -0.25) is 0 Å². The van der Waals surface area contributed by atoms with Crippen LogP contribution in [0.5, 0.6) is 23.0 Å². The van der Waals surface area contributed by atoms with Gasteiger partial charge in [0, 0.05) is 30.0 Å². The van der Waals surface area contributed by atoms with Crippen LogP contribution >= 0.6 is 0 Å². The lowest BCUT2D eigenvalue weighted by atomic mass is 9.84. The molecular weight excluding hydrogens is 761 g/mol. The second-order valence-corrected chi connectivity index (χ2v) is 16.7. The molecule has 2 aliphatic heterocycles. The SMILES string of the molecule is CCC1(COCCCCCCOc2ccc(COOc3ccc4c(c3)C(C)c3cc(OC(=O)c5ccc(OCCCCOCC6(CC)COC6)cc5)ccc3-4)cc2)COC1. The lowest BCUT2D eigenvalue weighted by Crippen LogP contribution is -2.45. The average molecular weight is 823 g/mol. The summed E-state index contributed by atoms with van der Waals surface area (Å²) in [5, 5.41) is 0. The summed E-state index contributed by atoms with van der Waals surface area (Å²) in [6.45, 7) is 14.5. The van der Waals surface area contributed by atoms with Gasteiger partial charge in [-0.05, 0) is 133 Å². The first kappa shape index (κ1) is 43.6. The first-order chi connectivity index (χ1) is 29.4. The minimum atomic E-state index is -0.415. The number of unbranched alkanes of at least 4 members (excludes halogenated alkanes) is 4. The molecule has 2 heterocycles. The predicted molar refractivity (Wildman–Crippen MR) is 230 cm³/mol. The normalized spacial score (nSPS) is 16.9. The number of carbonyl (C=O) groups excluding carboxylic acids is 1. The maximum Gasteiger partial charge on any atom is 0.343 e. The van der Waals surface area contributed by atoms with Crippen LogP contribution in [-0.2, 0) is 30.4 Å². The van der Waals surface area contributed by atoms with Gasteiger partial charge < -0.3 is 38.0 Å². The van der Waals surface area contributed by atoms with Crippen LogP contribution in [0.2, 0.25) is 0 Å². The van der Waals surface area contributed by atoms with Crippen molar-refractivity contribution in [2.24, 2.45) is 10.8 Å². The Kier molecular flexibility index (Phi) is 15.5. The summed E-state index contributed by atoms with van der Waals surface area (Å²) >= 11 is 0. The molecule has 0 saturated carbocycles. The fraction of sp³-hybridized carbons (Fsp3) is 0.500. The van der Waals surface area contributed by atoms with Crippen molar-refractivity contribution in [2.45, 2.75) is 84.7 Å². The predicted octanol–water partition coefficient (Wildman–Crippen LogP) is 10.5. The monoisotopic (exact) mass is 822 g/mol. The Morgan fingerprint density at radius 2 is 1.08 bits per heavy atom. The van der Waals surface area contributed by atoms with E-state index in [1.807, 2.05) is 66.7 Å². The van der Waals surface area contributed by atoms with Gasteiger partial charge in [0.15, 0.2) is 5.75 Å². The summed E-state index contributed by atoms with van der Waals surface area (Å²) in [7, 11) is 0. The van der Waals surface area contributed by atoms with E-state index in [0.717, 1.165) is 144 Å². The highest BCUT2D eigenvalue weighted by molar-refractivity contribution is 5.91. The van der Waals surface area contributed by atoms with Gasteiger partial charge in [0.25, 0.3) is 0 Å². The topological polar surface area (TPSA) is 100 Å². The third kappa shape index (κ3) is 11.5. The molecule has 60 heavy (non-hydrogen) atoms. The molecule has 2 saturated heterocycles. The molecule has 7 rings (SSSR count). The summed E-state index contributed by atoms with van der Waals surface area (Å²) in [5.74, 6) is 2.37. The van der Waals surface area contributed by atoms with E-state index >= 15 is 0 Å². The van der Waals surface area contributed by atoms with Crippen LogP contribution in [0, 0.1) is 10.8 Å². The zero-order valence-electron chi connectivity index (χ0n) is 35.7. The summed E-state index contributed by atoms with van der Waals surface area (Å²) < 4.78 is 40.2. The second-order valence-electron chi connectivity index (χ2n) is 16.7. The first-order valence-corrected chi connectivity index (χ1v) is 21.9. The van der Waals surface area contributed by atoms with E-state index in [0.29, 0.717) is 36.9 Å². The molecular formula is C50H62O10. The van der Waals surface area contributed by atoms with Crippen molar-refractivity contribution in [3.63, 3.8) is 0 Å². The first-order valence-electron chi connectivity index (χ1n) is 21.9. The molecule has 3 aliphatic rings. The van der Waals surface area contributed by atoms with E-state index < -0.39 is 5.97 Å². The van der Waals surface area contributed by atoms with Crippen molar-refractivity contribution in [1.29, 1.82) is 0 Å². The fourth-order valence-corrected chi connectivity index (χ4v) is 7.76. The van der Waals surface area contributed by atoms with Crippen molar-refractivity contribution in [3.05, 3.63) is 107 Å². The Labute approximate surface area is 355 Å². The van der Waals surface area contributed by atoms with Crippen LogP contribution in [0.1, 0.15) is 105 Å². The molecule has 0 amide bonds. The molecule has 1 unspecified atom stereocenters.